The number of likely N-dealkylation sites (N-methyl/N-ethyl adjacent to an activating group) is 1. The van der Waals surface area contributed by atoms with Gasteiger partial charge < -0.3 is 28.9 Å². The maximum Gasteiger partial charge on any atom is 0.410 e. The molecule has 1 N–H and O–H groups in total. The van der Waals surface area contributed by atoms with Crippen LogP contribution in [0.25, 0.3) is 22.3 Å². The second-order valence-corrected chi connectivity index (χ2v) is 20.8. The van der Waals surface area contributed by atoms with Gasteiger partial charge >= 0.3 is 6.09 Å². The van der Waals surface area contributed by atoms with Gasteiger partial charge in [-0.3, -0.25) is 0 Å². The zero-order chi connectivity index (χ0) is 34.7. The predicted molar refractivity (Wildman–Crippen MR) is 195 cm³/mol. The molecule has 0 spiro atoms. The number of fused-ring (bicyclic) bond motifs is 1. The highest BCUT2D eigenvalue weighted by Gasteiger charge is 2.40. The molecule has 260 valence electrons. The molecule has 1 aromatic carbocycles. The van der Waals surface area contributed by atoms with Crippen molar-refractivity contribution in [3.8, 4) is 17.0 Å². The Morgan fingerprint density at radius 3 is 2.45 bits per heavy atom. The van der Waals surface area contributed by atoms with E-state index in [0.29, 0.717) is 18.3 Å². The number of hydrogen-bond acceptors (Lipinski definition) is 8. The molecule has 3 aromatic rings. The van der Waals surface area contributed by atoms with Crippen LogP contribution in [0.3, 0.4) is 0 Å². The van der Waals surface area contributed by atoms with Crippen molar-refractivity contribution in [1.29, 1.82) is 0 Å². The number of hydrogen-bond donors (Lipinski definition) is 1. The van der Waals surface area contributed by atoms with E-state index in [4.69, 9.17) is 28.7 Å². The first kappa shape index (κ1) is 37.2. The number of benzene rings is 1. The third-order valence-electron chi connectivity index (χ3n) is 8.71. The summed E-state index contributed by atoms with van der Waals surface area (Å²) in [6.07, 6.45) is 1.15. The SMILES string of the molecule is CC(C)n1nc(Br)c2c(NC3CCOCC3)cc(-c3cccc(OCC(CN(C)C(=O)OC(C)(C)C)O[Si](C)(C)C(C)(C)C)c3)nc21. The van der Waals surface area contributed by atoms with Gasteiger partial charge in [-0.25, -0.2) is 14.5 Å². The number of ether oxygens (including phenoxy) is 3. The molecule has 10 nitrogen and oxygen atoms in total. The molecule has 0 radical (unpaired) electrons. The van der Waals surface area contributed by atoms with E-state index in [9.17, 15) is 4.79 Å². The summed E-state index contributed by atoms with van der Waals surface area (Å²) in [6.45, 7) is 23.0. The molecule has 1 saturated heterocycles. The van der Waals surface area contributed by atoms with Crippen LogP contribution < -0.4 is 10.1 Å². The zero-order valence-corrected chi connectivity index (χ0v) is 32.7. The number of nitrogens with zero attached hydrogens (tertiary/aromatic N) is 4. The van der Waals surface area contributed by atoms with Gasteiger partial charge in [-0.2, -0.15) is 5.10 Å². The van der Waals surface area contributed by atoms with Crippen molar-refractivity contribution in [2.75, 3.05) is 38.7 Å². The normalized spacial score (nSPS) is 15.6. The molecule has 1 fully saturated rings. The second-order valence-electron chi connectivity index (χ2n) is 15.3. The quantitative estimate of drug-likeness (QED) is 0.196. The molecule has 0 saturated carbocycles. The van der Waals surface area contributed by atoms with E-state index in [-0.39, 0.29) is 29.9 Å². The number of pyridine rings is 1. The van der Waals surface area contributed by atoms with E-state index in [1.807, 2.05) is 49.7 Å². The van der Waals surface area contributed by atoms with Crippen molar-refractivity contribution in [1.82, 2.24) is 19.7 Å². The number of rotatable bonds is 11. The highest BCUT2D eigenvalue weighted by molar-refractivity contribution is 9.10. The van der Waals surface area contributed by atoms with E-state index in [1.165, 1.54) is 0 Å². The number of anilines is 1. The molecule has 1 atom stereocenters. The summed E-state index contributed by atoms with van der Waals surface area (Å²) in [5.74, 6) is 0.700. The summed E-state index contributed by atoms with van der Waals surface area (Å²) < 4.78 is 27.1. The Balaban J connectivity index is 1.62. The standard InChI is InChI=1S/C35H54BrN5O5Si/c1-23(2)41-32-30(31(36)39-41)29(37-25-15-17-43-18-16-25)20-28(38-32)24-13-12-14-26(19-24)44-22-27(46-47(10,11)35(6,7)8)21-40(9)33(42)45-34(3,4)5/h12-14,19-20,23,25,27H,15-18,21-22H2,1-11H3,(H,37,38). The lowest BCUT2D eigenvalue weighted by atomic mass is 10.1. The van der Waals surface area contributed by atoms with Crippen LogP contribution in [0.2, 0.25) is 18.1 Å². The Hall–Kier alpha value is -2.67. The number of carbonyl (C=O) groups is 1. The first-order valence-electron chi connectivity index (χ1n) is 16.6. The molecular weight excluding hydrogens is 678 g/mol. The van der Waals surface area contributed by atoms with Crippen LogP contribution in [0.1, 0.15) is 74.3 Å². The fraction of sp³-hybridized carbons (Fsp3) is 0.629. The smallest absolute Gasteiger partial charge is 0.410 e. The van der Waals surface area contributed by atoms with Crippen LogP contribution in [0, 0.1) is 0 Å². The zero-order valence-electron chi connectivity index (χ0n) is 30.1. The number of carbonyl (C=O) groups excluding carboxylic acids is 1. The van der Waals surface area contributed by atoms with Gasteiger partial charge in [-0.05, 0) is 99.7 Å². The average molecular weight is 733 g/mol. The largest absolute Gasteiger partial charge is 0.491 e. The first-order chi connectivity index (χ1) is 21.8. The minimum absolute atomic E-state index is 0.00609. The number of aromatic nitrogens is 3. The summed E-state index contributed by atoms with van der Waals surface area (Å²) in [6, 6.07) is 10.5. The van der Waals surface area contributed by atoms with E-state index in [2.05, 4.69) is 75.0 Å². The van der Waals surface area contributed by atoms with Crippen molar-refractivity contribution >= 4 is 47.1 Å². The van der Waals surface area contributed by atoms with Gasteiger partial charge in [0.25, 0.3) is 0 Å². The Bertz CT molecular complexity index is 1530. The Kier molecular flexibility index (Phi) is 11.7. The summed E-state index contributed by atoms with van der Waals surface area (Å²) in [4.78, 5) is 19.5. The van der Waals surface area contributed by atoms with Gasteiger partial charge in [-0.1, -0.05) is 32.9 Å². The molecule has 0 bridgehead atoms. The molecule has 1 aliphatic rings. The van der Waals surface area contributed by atoms with Crippen molar-refractivity contribution in [3.63, 3.8) is 0 Å². The molecule has 2 aromatic heterocycles. The Morgan fingerprint density at radius 1 is 1.15 bits per heavy atom. The molecule has 1 amide bonds. The molecule has 3 heterocycles. The maximum absolute atomic E-state index is 12.8. The highest BCUT2D eigenvalue weighted by Crippen LogP contribution is 2.38. The lowest BCUT2D eigenvalue weighted by Crippen LogP contribution is -2.49. The Labute approximate surface area is 290 Å². The molecule has 47 heavy (non-hydrogen) atoms. The van der Waals surface area contributed by atoms with Crippen LogP contribution in [0.5, 0.6) is 5.75 Å². The molecule has 0 aliphatic carbocycles. The van der Waals surface area contributed by atoms with Gasteiger partial charge in [0.15, 0.2) is 14.0 Å². The highest BCUT2D eigenvalue weighted by atomic mass is 79.9. The van der Waals surface area contributed by atoms with E-state index in [0.717, 1.165) is 58.6 Å². The van der Waals surface area contributed by atoms with Gasteiger partial charge in [0.05, 0.1) is 29.4 Å². The van der Waals surface area contributed by atoms with Crippen molar-refractivity contribution < 1.29 is 23.4 Å². The number of halogens is 1. The van der Waals surface area contributed by atoms with Crippen LogP contribution in [0.15, 0.2) is 34.9 Å². The van der Waals surface area contributed by atoms with E-state index < -0.39 is 13.9 Å². The van der Waals surface area contributed by atoms with Crippen LogP contribution in [0.4, 0.5) is 10.5 Å². The topological polar surface area (TPSA) is 100.0 Å². The van der Waals surface area contributed by atoms with E-state index >= 15 is 0 Å². The van der Waals surface area contributed by atoms with Crippen LogP contribution in [-0.4, -0.2) is 85.2 Å². The van der Waals surface area contributed by atoms with Gasteiger partial charge in [-0.15, -0.1) is 0 Å². The third kappa shape index (κ3) is 9.70. The number of nitrogens with one attached hydrogen (secondary N) is 1. The summed E-state index contributed by atoms with van der Waals surface area (Å²) in [5, 5.41) is 9.51. The molecular formula is C35H54BrN5O5Si. The molecule has 4 rings (SSSR count). The molecule has 1 unspecified atom stereocenters. The third-order valence-corrected chi connectivity index (χ3v) is 13.8. The van der Waals surface area contributed by atoms with Gasteiger partial charge in [0.1, 0.15) is 22.6 Å². The van der Waals surface area contributed by atoms with Gasteiger partial charge in [0.2, 0.25) is 0 Å². The first-order valence-corrected chi connectivity index (χ1v) is 20.3. The predicted octanol–water partition coefficient (Wildman–Crippen LogP) is 8.67. The summed E-state index contributed by atoms with van der Waals surface area (Å²) in [5.41, 5.74) is 2.98. The van der Waals surface area contributed by atoms with Crippen molar-refractivity contribution in [2.24, 2.45) is 0 Å². The molecule has 12 heteroatoms. The second kappa shape index (κ2) is 14.8. The number of amides is 1. The fourth-order valence-electron chi connectivity index (χ4n) is 5.15. The van der Waals surface area contributed by atoms with Crippen LogP contribution >= 0.6 is 15.9 Å². The lowest BCUT2D eigenvalue weighted by molar-refractivity contribution is 0.0172. The van der Waals surface area contributed by atoms with Gasteiger partial charge in [0, 0.05) is 37.9 Å². The lowest BCUT2D eigenvalue weighted by Gasteiger charge is -2.40. The Morgan fingerprint density at radius 2 is 1.83 bits per heavy atom. The minimum Gasteiger partial charge on any atom is -0.491 e. The van der Waals surface area contributed by atoms with Crippen molar-refractivity contribution in [2.45, 2.75) is 110 Å². The van der Waals surface area contributed by atoms with Crippen molar-refractivity contribution in [3.05, 3.63) is 34.9 Å². The monoisotopic (exact) mass is 731 g/mol. The van der Waals surface area contributed by atoms with Crippen LogP contribution in [-0.2, 0) is 13.9 Å². The maximum atomic E-state index is 12.8. The van der Waals surface area contributed by atoms with E-state index in [1.54, 1.807) is 11.9 Å². The average Bonchev–Trinajstić information content (AvgIpc) is 3.31. The summed E-state index contributed by atoms with van der Waals surface area (Å²) >= 11 is 3.70. The minimum atomic E-state index is -2.18. The fourth-order valence-corrected chi connectivity index (χ4v) is 7.04. The molecule has 1 aliphatic heterocycles. The summed E-state index contributed by atoms with van der Waals surface area (Å²) in [7, 11) is -0.437.